The van der Waals surface area contributed by atoms with Gasteiger partial charge in [0.05, 0.1) is 0 Å². The molecule has 1 aromatic heterocycles. The van der Waals surface area contributed by atoms with E-state index >= 15 is 0 Å². The van der Waals surface area contributed by atoms with Crippen LogP contribution in [0.3, 0.4) is 0 Å². The van der Waals surface area contributed by atoms with E-state index in [4.69, 9.17) is 0 Å². The molecule has 0 aromatic carbocycles. The summed E-state index contributed by atoms with van der Waals surface area (Å²) in [6.07, 6.45) is 6.48. The first-order valence-corrected chi connectivity index (χ1v) is 3.83. The van der Waals surface area contributed by atoms with E-state index < -0.39 is 5.82 Å². The van der Waals surface area contributed by atoms with Gasteiger partial charge in [-0.2, -0.15) is 0 Å². The van der Waals surface area contributed by atoms with Crippen molar-refractivity contribution in [2.75, 3.05) is 0 Å². The molecule has 3 heteroatoms. The third-order valence-corrected chi connectivity index (χ3v) is 1.46. The summed E-state index contributed by atoms with van der Waals surface area (Å²) in [4.78, 5) is 10.4. The van der Waals surface area contributed by atoms with Gasteiger partial charge in [0.2, 0.25) is 6.26 Å². The van der Waals surface area contributed by atoms with Crippen LogP contribution < -0.4 is 5.82 Å². The van der Waals surface area contributed by atoms with Crippen molar-refractivity contribution < 1.29 is 8.83 Å². The minimum absolute atomic E-state index is 0.531. The Morgan fingerprint density at radius 2 is 2.27 bits per heavy atom. The monoisotopic (exact) mass is 155 g/mol. The van der Waals surface area contributed by atoms with Gasteiger partial charge in [-0.1, -0.05) is 19.8 Å². The highest BCUT2D eigenvalue weighted by molar-refractivity contribution is 4.82. The van der Waals surface area contributed by atoms with E-state index in [0.29, 0.717) is 5.76 Å². The third kappa shape index (κ3) is 2.62. The molecule has 1 radical (unpaired) electrons. The highest BCUT2D eigenvalue weighted by atomic mass is 16.6. The van der Waals surface area contributed by atoms with Gasteiger partial charge in [0, 0.05) is 6.42 Å². The summed E-state index contributed by atoms with van der Waals surface area (Å²) in [5.74, 6) is -0.125. The van der Waals surface area contributed by atoms with E-state index in [-0.39, 0.29) is 0 Å². The predicted octanol–water partition coefficient (Wildman–Crippen LogP) is 1.77. The molecule has 0 aliphatic carbocycles. The highest BCUT2D eigenvalue weighted by Gasteiger charge is 2.00. The second-order valence-electron chi connectivity index (χ2n) is 2.44. The van der Waals surface area contributed by atoms with Crippen molar-refractivity contribution in [3.63, 3.8) is 0 Å². The maximum absolute atomic E-state index is 10.4. The van der Waals surface area contributed by atoms with Crippen LogP contribution in [0.2, 0.25) is 0 Å². The van der Waals surface area contributed by atoms with Gasteiger partial charge in [0.25, 0.3) is 0 Å². The summed E-state index contributed by atoms with van der Waals surface area (Å²) in [5, 5.41) is 0. The molecule has 0 unspecified atom stereocenters. The zero-order valence-corrected chi connectivity index (χ0v) is 6.55. The van der Waals surface area contributed by atoms with E-state index in [1.165, 1.54) is 0 Å². The Morgan fingerprint density at radius 1 is 1.45 bits per heavy atom. The Labute approximate surface area is 65.0 Å². The van der Waals surface area contributed by atoms with Crippen LogP contribution in [-0.4, -0.2) is 0 Å². The third-order valence-electron chi connectivity index (χ3n) is 1.46. The molecule has 0 N–H and O–H groups in total. The van der Waals surface area contributed by atoms with Gasteiger partial charge in [-0.05, 0) is 6.42 Å². The first-order chi connectivity index (χ1) is 5.33. The van der Waals surface area contributed by atoms with Crippen molar-refractivity contribution in [2.24, 2.45) is 0 Å². The summed E-state index contributed by atoms with van der Waals surface area (Å²) in [7, 11) is 0. The lowest BCUT2D eigenvalue weighted by Gasteiger charge is -1.90. The van der Waals surface area contributed by atoms with Crippen molar-refractivity contribution >= 4 is 0 Å². The van der Waals surface area contributed by atoms with Gasteiger partial charge in [0.1, 0.15) is 0 Å². The van der Waals surface area contributed by atoms with Gasteiger partial charge >= 0.3 is 5.82 Å². The fraction of sp³-hybridized carbons (Fsp3) is 0.625. The first-order valence-electron chi connectivity index (χ1n) is 3.83. The van der Waals surface area contributed by atoms with Gasteiger partial charge in [0.15, 0.2) is 5.76 Å². The van der Waals surface area contributed by atoms with Gasteiger partial charge in [-0.15, -0.1) is 0 Å². The molecule has 1 aromatic rings. The summed E-state index contributed by atoms with van der Waals surface area (Å²) < 4.78 is 9.00. The van der Waals surface area contributed by atoms with E-state index in [2.05, 4.69) is 22.0 Å². The Balaban J connectivity index is 2.33. The normalized spacial score (nSPS) is 10.3. The van der Waals surface area contributed by atoms with E-state index in [1.807, 2.05) is 0 Å². The Bertz CT molecular complexity index is 246. The van der Waals surface area contributed by atoms with E-state index in [1.54, 1.807) is 0 Å². The van der Waals surface area contributed by atoms with E-state index in [9.17, 15) is 4.79 Å². The molecule has 1 rings (SSSR count). The Morgan fingerprint density at radius 3 is 2.82 bits per heavy atom. The van der Waals surface area contributed by atoms with Crippen LogP contribution in [-0.2, 0) is 6.42 Å². The van der Waals surface area contributed by atoms with Crippen LogP contribution in [0, 0.1) is 6.26 Å². The molecule has 1 heterocycles. The Kier molecular flexibility index (Phi) is 2.95. The van der Waals surface area contributed by atoms with Crippen LogP contribution in [0.25, 0.3) is 0 Å². The molecule has 0 atom stereocenters. The van der Waals surface area contributed by atoms with Crippen LogP contribution in [0.5, 0.6) is 0 Å². The minimum Gasteiger partial charge on any atom is -0.395 e. The average Bonchev–Trinajstić information content (AvgIpc) is 2.37. The molecule has 0 aliphatic heterocycles. The summed E-state index contributed by atoms with van der Waals surface area (Å²) in [5.41, 5.74) is 0. The molecule has 0 bridgehead atoms. The smallest absolute Gasteiger partial charge is 0.395 e. The topological polar surface area (TPSA) is 43.4 Å². The van der Waals surface area contributed by atoms with Crippen molar-refractivity contribution in [2.45, 2.75) is 32.6 Å². The van der Waals surface area contributed by atoms with E-state index in [0.717, 1.165) is 25.7 Å². The maximum Gasteiger partial charge on any atom is 0.519 e. The molecule has 3 nitrogen and oxygen atoms in total. The zero-order valence-electron chi connectivity index (χ0n) is 6.55. The summed E-state index contributed by atoms with van der Waals surface area (Å²) >= 11 is 0. The average molecular weight is 155 g/mol. The highest BCUT2D eigenvalue weighted by Crippen LogP contribution is 2.03. The molecule has 0 fully saturated rings. The SMILES string of the molecule is CCCCCc1[c]oc(=O)o1. The largest absolute Gasteiger partial charge is 0.519 e. The second kappa shape index (κ2) is 4.01. The van der Waals surface area contributed by atoms with Crippen molar-refractivity contribution in [1.29, 1.82) is 0 Å². The van der Waals surface area contributed by atoms with Gasteiger partial charge < -0.3 is 8.83 Å². The summed E-state index contributed by atoms with van der Waals surface area (Å²) in [6, 6.07) is 0. The number of rotatable bonds is 4. The molecule has 61 valence electrons. The second-order valence-corrected chi connectivity index (χ2v) is 2.44. The molecule has 0 saturated carbocycles. The number of hydrogen-bond donors (Lipinski definition) is 0. The number of aryl methyl sites for hydroxylation is 1. The molecular weight excluding hydrogens is 144 g/mol. The zero-order chi connectivity index (χ0) is 8.10. The lowest BCUT2D eigenvalue weighted by molar-refractivity contribution is 0.371. The van der Waals surface area contributed by atoms with Gasteiger partial charge in [-0.3, -0.25) is 0 Å². The van der Waals surface area contributed by atoms with Crippen LogP contribution >= 0.6 is 0 Å². The van der Waals surface area contributed by atoms with Crippen molar-refractivity contribution in [1.82, 2.24) is 0 Å². The van der Waals surface area contributed by atoms with Crippen molar-refractivity contribution in [3.8, 4) is 0 Å². The lowest BCUT2D eigenvalue weighted by Crippen LogP contribution is -1.87. The molecule has 0 aliphatic rings. The molecule has 0 spiro atoms. The predicted molar refractivity (Wildman–Crippen MR) is 39.3 cm³/mol. The summed E-state index contributed by atoms with van der Waals surface area (Å²) in [6.45, 7) is 2.12. The molecular formula is C8H11O3. The number of hydrogen-bond acceptors (Lipinski definition) is 3. The first kappa shape index (κ1) is 8.11. The molecule has 11 heavy (non-hydrogen) atoms. The van der Waals surface area contributed by atoms with Gasteiger partial charge in [-0.25, -0.2) is 4.79 Å². The fourth-order valence-corrected chi connectivity index (χ4v) is 0.878. The molecule has 0 saturated heterocycles. The maximum atomic E-state index is 10.4. The van der Waals surface area contributed by atoms with Crippen LogP contribution in [0.4, 0.5) is 0 Å². The molecule has 0 amide bonds. The number of unbranched alkanes of at least 4 members (excludes halogenated alkanes) is 2. The van der Waals surface area contributed by atoms with Crippen LogP contribution in [0.1, 0.15) is 31.9 Å². The standard InChI is InChI=1S/C8H11O3/c1-2-3-4-5-7-6-10-8(9)11-7/h2-5H2,1H3. The van der Waals surface area contributed by atoms with Crippen molar-refractivity contribution in [3.05, 3.63) is 22.6 Å². The minimum atomic E-state index is -0.656. The lowest BCUT2D eigenvalue weighted by atomic mass is 10.2. The van der Waals surface area contributed by atoms with Crippen LogP contribution in [0.15, 0.2) is 13.6 Å². The fourth-order valence-electron chi connectivity index (χ4n) is 0.878. The Hall–Kier alpha value is -0.990. The quantitative estimate of drug-likeness (QED) is 0.622.